The molecule has 8 nitrogen and oxygen atoms in total. The minimum absolute atomic E-state index is 0.0273. The maximum absolute atomic E-state index is 12.8. The Balaban J connectivity index is 1.86. The lowest BCUT2D eigenvalue weighted by molar-refractivity contribution is -0.132. The van der Waals surface area contributed by atoms with Crippen molar-refractivity contribution in [3.05, 3.63) is 28.7 Å². The predicted molar refractivity (Wildman–Crippen MR) is 87.1 cm³/mol. The van der Waals surface area contributed by atoms with Gasteiger partial charge in [-0.15, -0.1) is 0 Å². The van der Waals surface area contributed by atoms with E-state index in [1.54, 1.807) is 24.9 Å². The van der Waals surface area contributed by atoms with E-state index in [9.17, 15) is 18.0 Å². The highest BCUT2D eigenvalue weighted by molar-refractivity contribution is 7.89. The van der Waals surface area contributed by atoms with Gasteiger partial charge in [0.1, 0.15) is 0 Å². The Morgan fingerprint density at radius 3 is 2.50 bits per heavy atom. The van der Waals surface area contributed by atoms with Crippen LogP contribution in [0.3, 0.4) is 0 Å². The Bertz CT molecular complexity index is 936. The van der Waals surface area contributed by atoms with Crippen molar-refractivity contribution < 1.29 is 17.6 Å². The van der Waals surface area contributed by atoms with Gasteiger partial charge in [-0.05, 0) is 12.1 Å². The molecule has 1 fully saturated rings. The summed E-state index contributed by atoms with van der Waals surface area (Å²) in [5.74, 6) is -0.509. The summed E-state index contributed by atoms with van der Waals surface area (Å²) in [4.78, 5) is 25.0. The molecule has 2 heterocycles. The first-order chi connectivity index (χ1) is 11.3. The lowest BCUT2D eigenvalue weighted by Gasteiger charge is -2.33. The molecule has 1 aromatic carbocycles. The molecule has 1 amide bonds. The molecule has 2 aromatic rings. The van der Waals surface area contributed by atoms with Gasteiger partial charge in [-0.1, -0.05) is 6.92 Å². The van der Waals surface area contributed by atoms with Gasteiger partial charge in [0.15, 0.2) is 5.58 Å². The van der Waals surface area contributed by atoms with Gasteiger partial charge in [-0.3, -0.25) is 9.36 Å². The lowest BCUT2D eigenvalue weighted by Crippen LogP contribution is -2.50. The number of aryl methyl sites for hydroxylation is 1. The zero-order valence-corrected chi connectivity index (χ0v) is 14.4. The average Bonchev–Trinajstić information content (AvgIpc) is 2.88. The van der Waals surface area contributed by atoms with Gasteiger partial charge in [0.2, 0.25) is 15.9 Å². The highest BCUT2D eigenvalue weighted by Crippen LogP contribution is 2.22. The first-order valence-electron chi connectivity index (χ1n) is 7.72. The summed E-state index contributed by atoms with van der Waals surface area (Å²) in [7, 11) is -2.13. The highest BCUT2D eigenvalue weighted by atomic mass is 32.2. The van der Waals surface area contributed by atoms with E-state index in [4.69, 9.17) is 4.42 Å². The monoisotopic (exact) mass is 353 g/mol. The van der Waals surface area contributed by atoms with Crippen LogP contribution in [-0.4, -0.2) is 54.3 Å². The molecule has 0 aliphatic carbocycles. The minimum Gasteiger partial charge on any atom is -0.408 e. The van der Waals surface area contributed by atoms with Crippen LogP contribution in [-0.2, 0) is 21.9 Å². The highest BCUT2D eigenvalue weighted by Gasteiger charge is 2.30. The second-order valence-electron chi connectivity index (χ2n) is 5.69. The number of rotatable bonds is 3. The number of benzene rings is 1. The van der Waals surface area contributed by atoms with Crippen molar-refractivity contribution >= 4 is 27.0 Å². The van der Waals surface area contributed by atoms with E-state index in [0.29, 0.717) is 25.0 Å². The van der Waals surface area contributed by atoms with Crippen LogP contribution in [0.1, 0.15) is 13.3 Å². The van der Waals surface area contributed by atoms with Crippen LogP contribution in [0.4, 0.5) is 0 Å². The third-order valence-corrected chi connectivity index (χ3v) is 6.19. The summed E-state index contributed by atoms with van der Waals surface area (Å²) >= 11 is 0. The van der Waals surface area contributed by atoms with Crippen LogP contribution in [0, 0.1) is 0 Å². The van der Waals surface area contributed by atoms with Gasteiger partial charge >= 0.3 is 5.76 Å². The van der Waals surface area contributed by atoms with E-state index >= 15 is 0 Å². The number of aromatic nitrogens is 1. The van der Waals surface area contributed by atoms with Crippen LogP contribution >= 0.6 is 0 Å². The quantitative estimate of drug-likeness (QED) is 0.795. The summed E-state index contributed by atoms with van der Waals surface area (Å²) in [6.45, 7) is 3.06. The van der Waals surface area contributed by atoms with Crippen LogP contribution < -0.4 is 5.76 Å². The van der Waals surface area contributed by atoms with E-state index < -0.39 is 15.8 Å². The number of amides is 1. The van der Waals surface area contributed by atoms with Gasteiger partial charge in [0, 0.05) is 45.7 Å². The van der Waals surface area contributed by atoms with E-state index in [1.165, 1.54) is 21.0 Å². The Morgan fingerprint density at radius 2 is 1.88 bits per heavy atom. The number of hydrogen-bond acceptors (Lipinski definition) is 5. The molecule has 3 rings (SSSR count). The lowest BCUT2D eigenvalue weighted by atomic mass is 10.3. The van der Waals surface area contributed by atoms with Gasteiger partial charge in [-0.2, -0.15) is 4.31 Å². The van der Waals surface area contributed by atoms with Crippen molar-refractivity contribution in [3.8, 4) is 0 Å². The number of fused-ring (bicyclic) bond motifs is 1. The topological polar surface area (TPSA) is 92.8 Å². The number of oxazole rings is 1. The zero-order chi connectivity index (χ0) is 17.5. The summed E-state index contributed by atoms with van der Waals surface area (Å²) in [6, 6.07) is 4.40. The van der Waals surface area contributed by atoms with Crippen molar-refractivity contribution in [1.82, 2.24) is 13.8 Å². The molecule has 1 aliphatic heterocycles. The number of nitrogens with zero attached hydrogens (tertiary/aromatic N) is 3. The molecular formula is C15H19N3O5S. The zero-order valence-electron chi connectivity index (χ0n) is 13.6. The third-order valence-electron chi connectivity index (χ3n) is 4.30. The normalized spacial score (nSPS) is 16.7. The maximum Gasteiger partial charge on any atom is 0.419 e. The largest absolute Gasteiger partial charge is 0.419 e. The number of carbonyl (C=O) groups is 1. The second kappa shape index (κ2) is 6.06. The van der Waals surface area contributed by atoms with Crippen molar-refractivity contribution in [2.45, 2.75) is 18.2 Å². The fraction of sp³-hybridized carbons (Fsp3) is 0.467. The molecule has 0 saturated carbocycles. The minimum atomic E-state index is -3.69. The second-order valence-corrected chi connectivity index (χ2v) is 7.63. The Labute approximate surface area is 139 Å². The third kappa shape index (κ3) is 2.73. The van der Waals surface area contributed by atoms with Crippen molar-refractivity contribution in [2.75, 3.05) is 26.2 Å². The van der Waals surface area contributed by atoms with Crippen molar-refractivity contribution in [2.24, 2.45) is 7.05 Å². The molecule has 1 aliphatic rings. The Kier molecular flexibility index (Phi) is 4.22. The number of sulfonamides is 1. The van der Waals surface area contributed by atoms with Crippen molar-refractivity contribution in [3.63, 3.8) is 0 Å². The fourth-order valence-corrected chi connectivity index (χ4v) is 4.26. The fourth-order valence-electron chi connectivity index (χ4n) is 2.83. The standard InChI is InChI=1S/C15H19N3O5S/c1-3-14(19)17-6-8-18(9-7-17)24(21,22)11-4-5-12-13(10-11)23-15(20)16(12)2/h4-5,10H,3,6-9H2,1-2H3. The van der Waals surface area contributed by atoms with E-state index in [-0.39, 0.29) is 29.5 Å². The first kappa shape index (κ1) is 16.7. The average molecular weight is 353 g/mol. The molecule has 0 unspecified atom stereocenters. The summed E-state index contributed by atoms with van der Waals surface area (Å²) < 4.78 is 33.3. The molecule has 0 radical (unpaired) electrons. The van der Waals surface area contributed by atoms with Gasteiger partial charge in [0.05, 0.1) is 10.4 Å². The van der Waals surface area contributed by atoms with E-state index in [2.05, 4.69) is 0 Å². The number of hydrogen-bond donors (Lipinski definition) is 0. The molecular weight excluding hydrogens is 334 g/mol. The van der Waals surface area contributed by atoms with Crippen LogP contribution in [0.5, 0.6) is 0 Å². The summed E-state index contributed by atoms with van der Waals surface area (Å²) in [5.41, 5.74) is 0.778. The Hall–Kier alpha value is -2.13. The summed E-state index contributed by atoms with van der Waals surface area (Å²) in [6.07, 6.45) is 0.413. The van der Waals surface area contributed by atoms with E-state index in [0.717, 1.165) is 0 Å². The molecule has 24 heavy (non-hydrogen) atoms. The molecule has 0 bridgehead atoms. The van der Waals surface area contributed by atoms with Crippen LogP contribution in [0.15, 0.2) is 32.3 Å². The molecule has 0 spiro atoms. The molecule has 1 aromatic heterocycles. The smallest absolute Gasteiger partial charge is 0.408 e. The number of carbonyl (C=O) groups excluding carboxylic acids is 1. The van der Waals surface area contributed by atoms with Crippen LogP contribution in [0.25, 0.3) is 11.1 Å². The van der Waals surface area contributed by atoms with Gasteiger partial charge in [-0.25, -0.2) is 13.2 Å². The molecule has 130 valence electrons. The summed E-state index contributed by atoms with van der Waals surface area (Å²) in [5, 5.41) is 0. The predicted octanol–water partition coefficient (Wildman–Crippen LogP) is 0.374. The van der Waals surface area contributed by atoms with Gasteiger partial charge < -0.3 is 9.32 Å². The molecule has 1 saturated heterocycles. The molecule has 9 heteroatoms. The van der Waals surface area contributed by atoms with Gasteiger partial charge in [0.25, 0.3) is 0 Å². The first-order valence-corrected chi connectivity index (χ1v) is 9.16. The Morgan fingerprint density at radius 1 is 1.21 bits per heavy atom. The SMILES string of the molecule is CCC(=O)N1CCN(S(=O)(=O)c2ccc3c(c2)oc(=O)n3C)CC1. The molecule has 0 N–H and O–H groups in total. The van der Waals surface area contributed by atoms with Crippen molar-refractivity contribution in [1.29, 1.82) is 0 Å². The van der Waals surface area contributed by atoms with E-state index in [1.807, 2.05) is 0 Å². The number of piperazine rings is 1. The molecule has 0 atom stereocenters. The van der Waals surface area contributed by atoms with Crippen LogP contribution in [0.2, 0.25) is 0 Å². The maximum atomic E-state index is 12.8.